The quantitative estimate of drug-likeness (QED) is 0.831. The van der Waals surface area contributed by atoms with Crippen molar-refractivity contribution in [2.45, 2.75) is 39.2 Å². The lowest BCUT2D eigenvalue weighted by atomic mass is 10.0. The summed E-state index contributed by atoms with van der Waals surface area (Å²) in [6.07, 6.45) is 0.0855. The maximum absolute atomic E-state index is 12.8. The maximum Gasteiger partial charge on any atom is 0.260 e. The largest absolute Gasteiger partial charge is 0.481 e. The van der Waals surface area contributed by atoms with E-state index in [0.29, 0.717) is 24.6 Å². The molecule has 0 saturated heterocycles. The van der Waals surface area contributed by atoms with Gasteiger partial charge < -0.3 is 10.1 Å². The van der Waals surface area contributed by atoms with Crippen molar-refractivity contribution < 1.29 is 13.9 Å². The lowest BCUT2D eigenvalue weighted by molar-refractivity contribution is -0.127. The van der Waals surface area contributed by atoms with Crippen LogP contribution >= 0.6 is 0 Å². The van der Waals surface area contributed by atoms with Gasteiger partial charge in [-0.1, -0.05) is 38.1 Å². The Hall–Kier alpha value is -2.36. The fraction of sp³-hybridized carbons (Fsp3) is 0.350. The van der Waals surface area contributed by atoms with Crippen LogP contribution in [0.15, 0.2) is 48.5 Å². The van der Waals surface area contributed by atoms with E-state index in [-0.39, 0.29) is 11.7 Å². The number of carbonyl (C=O) groups excluding carboxylic acids is 1. The van der Waals surface area contributed by atoms with Crippen molar-refractivity contribution in [3.8, 4) is 5.75 Å². The molecule has 2 aromatic carbocycles. The van der Waals surface area contributed by atoms with Crippen molar-refractivity contribution in [3.63, 3.8) is 0 Å². The molecule has 1 atom stereocenters. The molecule has 0 aliphatic rings. The molecule has 0 aliphatic heterocycles. The van der Waals surface area contributed by atoms with Gasteiger partial charge in [0.1, 0.15) is 11.6 Å². The highest BCUT2D eigenvalue weighted by Gasteiger charge is 2.14. The van der Waals surface area contributed by atoms with E-state index in [4.69, 9.17) is 4.74 Å². The van der Waals surface area contributed by atoms with Crippen molar-refractivity contribution in [2.75, 3.05) is 6.54 Å². The SMILES string of the molecule is CC(Oc1cccc(C(C)C)c1)C(=O)NCCc1ccc(F)cc1. The number of benzene rings is 2. The van der Waals surface area contributed by atoms with Crippen LogP contribution < -0.4 is 10.1 Å². The number of rotatable bonds is 7. The summed E-state index contributed by atoms with van der Waals surface area (Å²) in [5.74, 6) is 0.691. The Morgan fingerprint density at radius 3 is 2.50 bits per heavy atom. The second-order valence-electron chi connectivity index (χ2n) is 6.15. The van der Waals surface area contributed by atoms with Crippen LogP contribution in [-0.2, 0) is 11.2 Å². The number of hydrogen-bond donors (Lipinski definition) is 1. The first-order chi connectivity index (χ1) is 11.5. The summed E-state index contributed by atoms with van der Waals surface area (Å²) in [7, 11) is 0. The van der Waals surface area contributed by atoms with Gasteiger partial charge in [-0.15, -0.1) is 0 Å². The highest BCUT2D eigenvalue weighted by Crippen LogP contribution is 2.21. The first kappa shape index (κ1) is 18.0. The Labute approximate surface area is 142 Å². The molecule has 24 heavy (non-hydrogen) atoms. The van der Waals surface area contributed by atoms with Crippen LogP contribution in [0.5, 0.6) is 5.75 Å². The molecule has 128 valence electrons. The predicted octanol–water partition coefficient (Wildman–Crippen LogP) is 4.08. The first-order valence-corrected chi connectivity index (χ1v) is 8.24. The van der Waals surface area contributed by atoms with Crippen molar-refractivity contribution in [2.24, 2.45) is 0 Å². The van der Waals surface area contributed by atoms with Crippen LogP contribution in [0.3, 0.4) is 0 Å². The average molecular weight is 329 g/mol. The van der Waals surface area contributed by atoms with Gasteiger partial charge in [0.2, 0.25) is 0 Å². The fourth-order valence-corrected chi connectivity index (χ4v) is 2.33. The second kappa shape index (κ2) is 8.48. The zero-order valence-electron chi connectivity index (χ0n) is 14.4. The molecule has 4 heteroatoms. The van der Waals surface area contributed by atoms with Crippen molar-refractivity contribution in [1.29, 1.82) is 0 Å². The number of hydrogen-bond acceptors (Lipinski definition) is 2. The third-order valence-corrected chi connectivity index (χ3v) is 3.83. The number of halogens is 1. The van der Waals surface area contributed by atoms with E-state index in [1.807, 2.05) is 24.3 Å². The van der Waals surface area contributed by atoms with E-state index in [0.717, 1.165) is 5.56 Å². The molecule has 0 aliphatic carbocycles. The Morgan fingerprint density at radius 1 is 1.12 bits per heavy atom. The Morgan fingerprint density at radius 2 is 1.83 bits per heavy atom. The molecule has 2 aromatic rings. The summed E-state index contributed by atoms with van der Waals surface area (Å²) in [4.78, 5) is 12.1. The summed E-state index contributed by atoms with van der Waals surface area (Å²) in [5.41, 5.74) is 2.16. The van der Waals surface area contributed by atoms with Crippen LogP contribution in [-0.4, -0.2) is 18.6 Å². The van der Waals surface area contributed by atoms with Crippen LogP contribution in [0.4, 0.5) is 4.39 Å². The molecule has 1 amide bonds. The highest BCUT2D eigenvalue weighted by atomic mass is 19.1. The fourth-order valence-electron chi connectivity index (χ4n) is 2.33. The van der Waals surface area contributed by atoms with Crippen LogP contribution in [0, 0.1) is 5.82 Å². The molecule has 0 fully saturated rings. The summed E-state index contributed by atoms with van der Waals surface area (Å²) in [6, 6.07) is 14.1. The van der Waals surface area contributed by atoms with Crippen molar-refractivity contribution >= 4 is 5.91 Å². The van der Waals surface area contributed by atoms with Gasteiger partial charge in [-0.05, 0) is 54.7 Å². The molecule has 0 bridgehead atoms. The van der Waals surface area contributed by atoms with Crippen LogP contribution in [0.25, 0.3) is 0 Å². The van der Waals surface area contributed by atoms with Crippen molar-refractivity contribution in [1.82, 2.24) is 5.32 Å². The zero-order chi connectivity index (χ0) is 17.5. The highest BCUT2D eigenvalue weighted by molar-refractivity contribution is 5.80. The van der Waals surface area contributed by atoms with Gasteiger partial charge in [0.15, 0.2) is 6.10 Å². The normalized spacial score (nSPS) is 12.0. The third kappa shape index (κ3) is 5.37. The number of amides is 1. The average Bonchev–Trinajstić information content (AvgIpc) is 2.56. The van der Waals surface area contributed by atoms with E-state index in [1.165, 1.54) is 17.7 Å². The summed E-state index contributed by atoms with van der Waals surface area (Å²) >= 11 is 0. The van der Waals surface area contributed by atoms with Crippen LogP contribution in [0.2, 0.25) is 0 Å². The molecule has 0 saturated carbocycles. The van der Waals surface area contributed by atoms with Gasteiger partial charge in [0.25, 0.3) is 5.91 Å². The molecule has 2 rings (SSSR count). The van der Waals surface area contributed by atoms with Crippen LogP contribution in [0.1, 0.15) is 37.8 Å². The van der Waals surface area contributed by atoms with Gasteiger partial charge in [0.05, 0.1) is 0 Å². The maximum atomic E-state index is 12.8. The second-order valence-corrected chi connectivity index (χ2v) is 6.15. The van der Waals surface area contributed by atoms with Gasteiger partial charge >= 0.3 is 0 Å². The Kier molecular flexibility index (Phi) is 6.36. The number of carbonyl (C=O) groups is 1. The predicted molar refractivity (Wildman–Crippen MR) is 93.7 cm³/mol. The lowest BCUT2D eigenvalue weighted by Crippen LogP contribution is -2.37. The summed E-state index contributed by atoms with van der Waals surface area (Å²) < 4.78 is 18.6. The lowest BCUT2D eigenvalue weighted by Gasteiger charge is -2.16. The zero-order valence-corrected chi connectivity index (χ0v) is 14.4. The molecule has 0 radical (unpaired) electrons. The number of ether oxygens (including phenoxy) is 1. The standard InChI is InChI=1S/C20H24FNO2/c1-14(2)17-5-4-6-19(13-17)24-15(3)20(23)22-12-11-16-7-9-18(21)10-8-16/h4-10,13-15H,11-12H2,1-3H3,(H,22,23). The molecule has 1 unspecified atom stereocenters. The van der Waals surface area contributed by atoms with E-state index >= 15 is 0 Å². The monoisotopic (exact) mass is 329 g/mol. The minimum absolute atomic E-state index is 0.160. The molecular weight excluding hydrogens is 305 g/mol. The van der Waals surface area contributed by atoms with Gasteiger partial charge in [-0.3, -0.25) is 4.79 Å². The van der Waals surface area contributed by atoms with Gasteiger partial charge in [0, 0.05) is 6.54 Å². The van der Waals surface area contributed by atoms with E-state index in [9.17, 15) is 9.18 Å². The molecule has 1 N–H and O–H groups in total. The minimum atomic E-state index is -0.569. The van der Waals surface area contributed by atoms with E-state index < -0.39 is 6.10 Å². The molecule has 3 nitrogen and oxygen atoms in total. The van der Waals surface area contributed by atoms with E-state index in [2.05, 4.69) is 19.2 Å². The Balaban J connectivity index is 1.81. The molecule has 0 aromatic heterocycles. The summed E-state index contributed by atoms with van der Waals surface area (Å²) in [6.45, 7) is 6.45. The van der Waals surface area contributed by atoms with Gasteiger partial charge in [-0.25, -0.2) is 4.39 Å². The molecular formula is C20H24FNO2. The molecule has 0 heterocycles. The van der Waals surface area contributed by atoms with Crippen molar-refractivity contribution in [3.05, 3.63) is 65.5 Å². The first-order valence-electron chi connectivity index (χ1n) is 8.24. The third-order valence-electron chi connectivity index (χ3n) is 3.83. The topological polar surface area (TPSA) is 38.3 Å². The summed E-state index contributed by atoms with van der Waals surface area (Å²) in [5, 5.41) is 2.85. The smallest absolute Gasteiger partial charge is 0.260 e. The number of nitrogens with one attached hydrogen (secondary N) is 1. The van der Waals surface area contributed by atoms with E-state index in [1.54, 1.807) is 19.1 Å². The van der Waals surface area contributed by atoms with Gasteiger partial charge in [-0.2, -0.15) is 0 Å². The minimum Gasteiger partial charge on any atom is -0.481 e. The molecule has 0 spiro atoms. The Bertz CT molecular complexity index is 668.